The minimum Gasteiger partial charge on any atom is -0.389 e. The van der Waals surface area contributed by atoms with Crippen molar-refractivity contribution in [3.8, 4) is 0 Å². The van der Waals surface area contributed by atoms with Crippen molar-refractivity contribution in [3.63, 3.8) is 0 Å². The molecule has 1 aromatic carbocycles. The summed E-state index contributed by atoms with van der Waals surface area (Å²) in [5.74, 6) is 0. The lowest BCUT2D eigenvalue weighted by Crippen LogP contribution is -2.33. The van der Waals surface area contributed by atoms with Crippen molar-refractivity contribution < 1.29 is 9.84 Å². The zero-order valence-electron chi connectivity index (χ0n) is 12.7. The zero-order valence-corrected chi connectivity index (χ0v) is 13.4. The summed E-state index contributed by atoms with van der Waals surface area (Å²) in [6, 6.07) is 6.28. The number of aliphatic hydroxyl groups excluding tert-OH is 1. The molecule has 1 atom stereocenters. The number of benzene rings is 1. The van der Waals surface area contributed by atoms with E-state index < -0.39 is 6.10 Å². The van der Waals surface area contributed by atoms with Gasteiger partial charge in [-0.3, -0.25) is 0 Å². The third kappa shape index (κ3) is 5.29. The lowest BCUT2D eigenvalue weighted by atomic mass is 10.1. The van der Waals surface area contributed by atoms with E-state index in [0.29, 0.717) is 24.2 Å². The molecule has 2 N–H and O–H groups in total. The highest BCUT2D eigenvalue weighted by Gasteiger charge is 2.15. The quantitative estimate of drug-likeness (QED) is 0.773. The number of para-hydroxylation sites is 1. The molecular formula is C15H25ClN2O2. The summed E-state index contributed by atoms with van der Waals surface area (Å²) in [5, 5.41) is 13.9. The van der Waals surface area contributed by atoms with Crippen molar-refractivity contribution in [2.24, 2.45) is 0 Å². The van der Waals surface area contributed by atoms with Gasteiger partial charge >= 0.3 is 0 Å². The van der Waals surface area contributed by atoms with Gasteiger partial charge in [0.1, 0.15) is 0 Å². The summed E-state index contributed by atoms with van der Waals surface area (Å²) < 4.78 is 4.96. The van der Waals surface area contributed by atoms with Crippen LogP contribution in [0.3, 0.4) is 0 Å². The molecule has 0 aliphatic heterocycles. The maximum atomic E-state index is 9.86. The molecule has 0 heterocycles. The SMILES string of the molecule is COCC(O)CN(C)c1c(Cl)cccc1CNC(C)C. The molecule has 0 aromatic heterocycles. The van der Waals surface area contributed by atoms with Gasteiger partial charge in [-0.25, -0.2) is 0 Å². The van der Waals surface area contributed by atoms with Crippen LogP contribution in [0.15, 0.2) is 18.2 Å². The number of aliphatic hydroxyl groups is 1. The van der Waals surface area contributed by atoms with Crippen LogP contribution in [0.4, 0.5) is 5.69 Å². The van der Waals surface area contributed by atoms with Gasteiger partial charge in [0.05, 0.1) is 23.4 Å². The highest BCUT2D eigenvalue weighted by atomic mass is 35.5. The summed E-state index contributed by atoms with van der Waals surface area (Å²) in [4.78, 5) is 1.98. The molecule has 114 valence electrons. The van der Waals surface area contributed by atoms with Gasteiger partial charge < -0.3 is 20.1 Å². The Morgan fingerprint density at radius 1 is 1.40 bits per heavy atom. The molecule has 0 aliphatic carbocycles. The Morgan fingerprint density at radius 2 is 2.10 bits per heavy atom. The number of likely N-dealkylation sites (N-methyl/N-ethyl adjacent to an activating group) is 1. The Hall–Kier alpha value is -0.810. The van der Waals surface area contributed by atoms with Crippen molar-refractivity contribution in [3.05, 3.63) is 28.8 Å². The standard InChI is InChI=1S/C15H25ClN2O2/c1-11(2)17-8-12-6-5-7-14(16)15(12)18(3)9-13(19)10-20-4/h5-7,11,13,17,19H,8-10H2,1-4H3. The Morgan fingerprint density at radius 3 is 2.70 bits per heavy atom. The number of halogens is 1. The molecule has 5 heteroatoms. The van der Waals surface area contributed by atoms with Crippen LogP contribution in [0.25, 0.3) is 0 Å². The predicted molar refractivity (Wildman–Crippen MR) is 84.6 cm³/mol. The van der Waals surface area contributed by atoms with E-state index >= 15 is 0 Å². The highest BCUT2D eigenvalue weighted by Crippen LogP contribution is 2.29. The topological polar surface area (TPSA) is 44.7 Å². The summed E-state index contributed by atoms with van der Waals surface area (Å²) in [7, 11) is 3.51. The number of rotatable bonds is 8. The zero-order chi connectivity index (χ0) is 15.1. The Balaban J connectivity index is 2.85. The first-order valence-corrected chi connectivity index (χ1v) is 7.22. The molecule has 4 nitrogen and oxygen atoms in total. The fraction of sp³-hybridized carbons (Fsp3) is 0.600. The molecule has 0 saturated carbocycles. The fourth-order valence-corrected chi connectivity index (χ4v) is 2.44. The second kappa shape index (κ2) is 8.47. The fourth-order valence-electron chi connectivity index (χ4n) is 2.10. The Bertz CT molecular complexity index is 413. The van der Waals surface area contributed by atoms with Gasteiger partial charge in [0.2, 0.25) is 0 Å². The molecule has 0 bridgehead atoms. The maximum Gasteiger partial charge on any atom is 0.0947 e. The molecule has 1 aromatic rings. The van der Waals surface area contributed by atoms with Crippen LogP contribution >= 0.6 is 11.6 Å². The molecule has 0 radical (unpaired) electrons. The number of anilines is 1. The molecular weight excluding hydrogens is 276 g/mol. The van der Waals surface area contributed by atoms with Crippen LogP contribution < -0.4 is 10.2 Å². The first-order chi connectivity index (χ1) is 9.45. The number of nitrogens with zero attached hydrogens (tertiary/aromatic N) is 1. The summed E-state index contributed by atoms with van der Waals surface area (Å²) >= 11 is 6.32. The predicted octanol–water partition coefficient (Wildman–Crippen LogP) is 2.28. The first-order valence-electron chi connectivity index (χ1n) is 6.84. The van der Waals surface area contributed by atoms with Gasteiger partial charge in [-0.2, -0.15) is 0 Å². The van der Waals surface area contributed by atoms with Gasteiger partial charge in [-0.15, -0.1) is 0 Å². The smallest absolute Gasteiger partial charge is 0.0947 e. The minimum absolute atomic E-state index is 0.314. The minimum atomic E-state index is -0.535. The summed E-state index contributed by atoms with van der Waals surface area (Å²) in [6.07, 6.45) is -0.535. The number of methoxy groups -OCH3 is 1. The van der Waals surface area contributed by atoms with Crippen LogP contribution in [-0.2, 0) is 11.3 Å². The second-order valence-electron chi connectivity index (χ2n) is 5.27. The van der Waals surface area contributed by atoms with E-state index in [4.69, 9.17) is 16.3 Å². The van der Waals surface area contributed by atoms with Gasteiger partial charge in [-0.05, 0) is 11.6 Å². The summed E-state index contributed by atoms with van der Waals surface area (Å²) in [5.41, 5.74) is 2.08. The van der Waals surface area contributed by atoms with E-state index in [1.54, 1.807) is 7.11 Å². The van der Waals surface area contributed by atoms with Crippen LogP contribution in [-0.4, -0.2) is 44.6 Å². The molecule has 20 heavy (non-hydrogen) atoms. The van der Waals surface area contributed by atoms with Crippen LogP contribution in [0.1, 0.15) is 19.4 Å². The van der Waals surface area contributed by atoms with E-state index in [-0.39, 0.29) is 0 Å². The number of hydrogen-bond donors (Lipinski definition) is 2. The normalized spacial score (nSPS) is 12.8. The monoisotopic (exact) mass is 300 g/mol. The average molecular weight is 301 g/mol. The Kier molecular flexibility index (Phi) is 7.30. The van der Waals surface area contributed by atoms with Gasteiger partial charge in [-0.1, -0.05) is 37.6 Å². The third-order valence-electron chi connectivity index (χ3n) is 3.00. The summed E-state index contributed by atoms with van der Waals surface area (Å²) in [6.45, 7) is 5.76. The number of hydrogen-bond acceptors (Lipinski definition) is 4. The molecule has 1 rings (SSSR count). The van der Waals surface area contributed by atoms with Crippen molar-refractivity contribution in [2.45, 2.75) is 32.5 Å². The van der Waals surface area contributed by atoms with E-state index in [9.17, 15) is 5.11 Å². The number of ether oxygens (including phenoxy) is 1. The first kappa shape index (κ1) is 17.2. The van der Waals surface area contributed by atoms with E-state index in [2.05, 4.69) is 25.2 Å². The Labute approximate surface area is 126 Å². The van der Waals surface area contributed by atoms with E-state index in [0.717, 1.165) is 17.8 Å². The maximum absolute atomic E-state index is 9.86. The average Bonchev–Trinajstić information content (AvgIpc) is 2.36. The lowest BCUT2D eigenvalue weighted by Gasteiger charge is -2.26. The van der Waals surface area contributed by atoms with Crippen LogP contribution in [0.5, 0.6) is 0 Å². The molecule has 1 unspecified atom stereocenters. The van der Waals surface area contributed by atoms with Crippen molar-refractivity contribution in [1.29, 1.82) is 0 Å². The van der Waals surface area contributed by atoms with Gasteiger partial charge in [0, 0.05) is 33.3 Å². The van der Waals surface area contributed by atoms with Crippen molar-refractivity contribution in [1.82, 2.24) is 5.32 Å². The molecule has 0 aliphatic rings. The van der Waals surface area contributed by atoms with Crippen molar-refractivity contribution in [2.75, 3.05) is 32.2 Å². The van der Waals surface area contributed by atoms with E-state index in [1.165, 1.54) is 0 Å². The largest absolute Gasteiger partial charge is 0.389 e. The van der Waals surface area contributed by atoms with Gasteiger partial charge in [0.15, 0.2) is 0 Å². The second-order valence-corrected chi connectivity index (χ2v) is 5.68. The highest BCUT2D eigenvalue weighted by molar-refractivity contribution is 6.33. The van der Waals surface area contributed by atoms with Crippen LogP contribution in [0, 0.1) is 0 Å². The van der Waals surface area contributed by atoms with E-state index in [1.807, 2.05) is 24.1 Å². The number of nitrogens with one attached hydrogen (secondary N) is 1. The van der Waals surface area contributed by atoms with Crippen LogP contribution in [0.2, 0.25) is 5.02 Å². The lowest BCUT2D eigenvalue weighted by molar-refractivity contribution is 0.0695. The molecule has 0 fully saturated rings. The third-order valence-corrected chi connectivity index (χ3v) is 3.30. The molecule has 0 spiro atoms. The van der Waals surface area contributed by atoms with Gasteiger partial charge in [0.25, 0.3) is 0 Å². The van der Waals surface area contributed by atoms with Crippen molar-refractivity contribution >= 4 is 17.3 Å². The molecule has 0 saturated heterocycles. The molecule has 0 amide bonds.